The van der Waals surface area contributed by atoms with E-state index >= 15 is 0 Å². The van der Waals surface area contributed by atoms with E-state index < -0.39 is 6.09 Å². The molecule has 0 saturated heterocycles. The van der Waals surface area contributed by atoms with Crippen molar-refractivity contribution in [3.8, 4) is 0 Å². The maximum absolute atomic E-state index is 12.3. The van der Waals surface area contributed by atoms with E-state index in [1.165, 1.54) is 16.1 Å². The van der Waals surface area contributed by atoms with Crippen LogP contribution < -0.4 is 27.2 Å². The molecule has 0 saturated carbocycles. The minimum Gasteiger partial charge on any atom is -0.444 e. The summed E-state index contributed by atoms with van der Waals surface area (Å²) in [5.74, 6) is 6.45. The number of carbonyl (C=O) groups excluding carboxylic acids is 1. The number of hydrogen-bond acceptors (Lipinski definition) is 7. The zero-order valence-corrected chi connectivity index (χ0v) is 18.1. The number of ether oxygens (including phenoxy) is 1. The molecule has 7 nitrogen and oxygen atoms in total. The molecule has 0 heterocycles. The van der Waals surface area contributed by atoms with Gasteiger partial charge in [-0.3, -0.25) is 5.32 Å². The summed E-state index contributed by atoms with van der Waals surface area (Å²) in [5.41, 5.74) is 11.3. The highest BCUT2D eigenvalue weighted by Gasteiger charge is 2.11. The van der Waals surface area contributed by atoms with E-state index in [9.17, 15) is 4.79 Å². The Morgan fingerprint density at radius 1 is 1.24 bits per heavy atom. The van der Waals surface area contributed by atoms with Crippen LogP contribution in [0.5, 0.6) is 0 Å². The smallest absolute Gasteiger partial charge is 0.412 e. The van der Waals surface area contributed by atoms with Crippen molar-refractivity contribution in [3.05, 3.63) is 69.9 Å². The Kier molecular flexibility index (Phi) is 8.23. The van der Waals surface area contributed by atoms with E-state index in [-0.39, 0.29) is 6.61 Å². The van der Waals surface area contributed by atoms with Crippen LogP contribution in [-0.2, 0) is 17.1 Å². The fraction of sp³-hybridized carbons (Fsp3) is 0.286. The quantitative estimate of drug-likeness (QED) is 0.297. The Morgan fingerprint density at radius 2 is 1.97 bits per heavy atom. The Hall–Kier alpha value is -2.84. The number of allylic oxidation sites excluding steroid dienone is 1. The van der Waals surface area contributed by atoms with Gasteiger partial charge in [-0.25, -0.2) is 10.6 Å². The monoisotopic (exact) mass is 415 g/mol. The number of nitrogens with two attached hydrogens (primary N) is 2. The molecule has 0 unspecified atom stereocenters. The van der Waals surface area contributed by atoms with Gasteiger partial charge in [-0.2, -0.15) is 0 Å². The van der Waals surface area contributed by atoms with Crippen molar-refractivity contribution in [2.45, 2.75) is 26.2 Å². The number of amides is 1. The molecule has 2 aromatic rings. The molecule has 6 N–H and O–H groups in total. The molecule has 0 aromatic heterocycles. The van der Waals surface area contributed by atoms with E-state index in [0.717, 1.165) is 22.0 Å². The number of anilines is 2. The molecular formula is C21H29N5O2S. The number of benzene rings is 2. The molecule has 156 valence electrons. The lowest BCUT2D eigenvalue weighted by molar-refractivity contribution is 0.143. The summed E-state index contributed by atoms with van der Waals surface area (Å²) in [7, 11) is 3.53. The lowest BCUT2D eigenvalue weighted by atomic mass is 10.1. The highest BCUT2D eigenvalue weighted by atomic mass is 32.2. The number of hydrazine groups is 1. The first kappa shape index (κ1) is 22.4. The first-order chi connectivity index (χ1) is 13.8. The lowest BCUT2D eigenvalue weighted by Crippen LogP contribution is -2.26. The number of aryl methyl sites for hydroxylation is 1. The first-order valence-electron chi connectivity index (χ1n) is 9.18. The second-order valence-corrected chi connectivity index (χ2v) is 7.61. The zero-order valence-electron chi connectivity index (χ0n) is 17.3. The van der Waals surface area contributed by atoms with E-state index in [4.69, 9.17) is 16.3 Å². The molecule has 2 rings (SSSR count). The first-order valence-corrected chi connectivity index (χ1v) is 10.2. The normalized spacial score (nSPS) is 11.5. The standard InChI is InChI=1S/C21H29N5O2S/c1-14-7-5-6-8-17(14)13-29-20(15(2)24-3)25-21(27)28-12-16-9-10-19(26(4)23)18(22)11-16/h5-11,24H,12-13,22-23H2,1-4H3,(H,25,27)/b20-15-. The number of hydrogen-bond donors (Lipinski definition) is 4. The third-order valence-electron chi connectivity index (χ3n) is 4.41. The molecule has 29 heavy (non-hydrogen) atoms. The minimum absolute atomic E-state index is 0.110. The van der Waals surface area contributed by atoms with Gasteiger partial charge < -0.3 is 20.8 Å². The summed E-state index contributed by atoms with van der Waals surface area (Å²) >= 11 is 1.54. The predicted molar refractivity (Wildman–Crippen MR) is 121 cm³/mol. The molecule has 1 amide bonds. The molecule has 0 fully saturated rings. The van der Waals surface area contributed by atoms with Gasteiger partial charge in [-0.1, -0.05) is 30.3 Å². The molecule has 0 aliphatic rings. The van der Waals surface area contributed by atoms with Crippen LogP contribution in [0.15, 0.2) is 53.2 Å². The summed E-state index contributed by atoms with van der Waals surface area (Å²) < 4.78 is 5.36. The topological polar surface area (TPSA) is 106 Å². The Labute approximate surface area is 176 Å². The van der Waals surface area contributed by atoms with Gasteiger partial charge in [-0.15, -0.1) is 11.8 Å². The fourth-order valence-corrected chi connectivity index (χ4v) is 3.66. The molecule has 0 aliphatic carbocycles. The Bertz CT molecular complexity index is 883. The highest BCUT2D eigenvalue weighted by Crippen LogP contribution is 2.24. The van der Waals surface area contributed by atoms with Crippen LogP contribution in [-0.4, -0.2) is 20.2 Å². The van der Waals surface area contributed by atoms with Crippen molar-refractivity contribution in [1.29, 1.82) is 0 Å². The van der Waals surface area contributed by atoms with E-state index in [1.807, 2.05) is 32.2 Å². The average Bonchev–Trinajstić information content (AvgIpc) is 2.69. The molecule has 0 aliphatic heterocycles. The highest BCUT2D eigenvalue weighted by molar-refractivity contribution is 8.02. The maximum atomic E-state index is 12.3. The number of nitrogens with zero attached hydrogens (tertiary/aromatic N) is 1. The summed E-state index contributed by atoms with van der Waals surface area (Å²) in [4.78, 5) is 12.3. The maximum Gasteiger partial charge on any atom is 0.412 e. The van der Waals surface area contributed by atoms with Crippen molar-refractivity contribution in [2.75, 3.05) is 24.8 Å². The number of carbonyl (C=O) groups is 1. The van der Waals surface area contributed by atoms with Crippen molar-refractivity contribution >= 4 is 29.2 Å². The third-order valence-corrected chi connectivity index (χ3v) is 5.56. The second kappa shape index (κ2) is 10.6. The van der Waals surface area contributed by atoms with Gasteiger partial charge in [0.25, 0.3) is 0 Å². The molecule has 0 atom stereocenters. The van der Waals surface area contributed by atoms with Crippen LogP contribution in [0.3, 0.4) is 0 Å². The Morgan fingerprint density at radius 3 is 2.59 bits per heavy atom. The summed E-state index contributed by atoms with van der Waals surface area (Å²) in [6.07, 6.45) is -0.523. The van der Waals surface area contributed by atoms with E-state index in [2.05, 4.69) is 29.7 Å². The largest absolute Gasteiger partial charge is 0.444 e. The van der Waals surface area contributed by atoms with Gasteiger partial charge >= 0.3 is 6.09 Å². The number of alkyl carbamates (subject to hydrolysis) is 1. The molecule has 2 aromatic carbocycles. The van der Waals surface area contributed by atoms with Crippen LogP contribution >= 0.6 is 11.8 Å². The Balaban J connectivity index is 1.96. The fourth-order valence-electron chi connectivity index (χ4n) is 2.57. The number of thioether (sulfide) groups is 1. The van der Waals surface area contributed by atoms with Crippen molar-refractivity contribution in [3.63, 3.8) is 0 Å². The van der Waals surface area contributed by atoms with E-state index in [1.54, 1.807) is 30.9 Å². The van der Waals surface area contributed by atoms with Crippen LogP contribution in [0, 0.1) is 6.92 Å². The van der Waals surface area contributed by atoms with Crippen LogP contribution in [0.1, 0.15) is 23.6 Å². The molecule has 0 spiro atoms. The van der Waals surface area contributed by atoms with Crippen LogP contribution in [0.4, 0.5) is 16.2 Å². The van der Waals surface area contributed by atoms with Crippen molar-refractivity contribution in [2.24, 2.45) is 5.84 Å². The molecular weight excluding hydrogens is 386 g/mol. The van der Waals surface area contributed by atoms with Crippen molar-refractivity contribution < 1.29 is 9.53 Å². The van der Waals surface area contributed by atoms with Gasteiger partial charge in [0, 0.05) is 25.5 Å². The number of nitrogens with one attached hydrogen (secondary N) is 2. The van der Waals surface area contributed by atoms with Gasteiger partial charge in [0.05, 0.1) is 16.4 Å². The third kappa shape index (κ3) is 6.62. The summed E-state index contributed by atoms with van der Waals surface area (Å²) in [6.45, 7) is 4.09. The average molecular weight is 416 g/mol. The number of nitrogen functional groups attached to an aromatic ring is 1. The summed E-state index contributed by atoms with van der Waals surface area (Å²) in [5, 5.41) is 8.07. The van der Waals surface area contributed by atoms with Crippen LogP contribution in [0.25, 0.3) is 0 Å². The molecule has 0 radical (unpaired) electrons. The van der Waals surface area contributed by atoms with Crippen molar-refractivity contribution in [1.82, 2.24) is 10.6 Å². The number of rotatable bonds is 8. The zero-order chi connectivity index (χ0) is 21.4. The molecule has 0 bridgehead atoms. The lowest BCUT2D eigenvalue weighted by Gasteiger charge is -2.16. The predicted octanol–water partition coefficient (Wildman–Crippen LogP) is 3.46. The van der Waals surface area contributed by atoms with Crippen LogP contribution in [0.2, 0.25) is 0 Å². The summed E-state index contributed by atoms with van der Waals surface area (Å²) in [6, 6.07) is 13.5. The van der Waals surface area contributed by atoms with Gasteiger partial charge in [0.1, 0.15) is 6.61 Å². The SMILES string of the molecule is CN/C(C)=C(/NC(=O)OCc1ccc(N(C)N)c(N)c1)SCc1ccccc1C. The molecule has 8 heteroatoms. The van der Waals surface area contributed by atoms with Gasteiger partial charge in [-0.05, 0) is 42.7 Å². The minimum atomic E-state index is -0.523. The van der Waals surface area contributed by atoms with E-state index in [0.29, 0.717) is 11.4 Å². The van der Waals surface area contributed by atoms with Gasteiger partial charge in [0.15, 0.2) is 0 Å². The van der Waals surface area contributed by atoms with Gasteiger partial charge in [0.2, 0.25) is 0 Å². The second-order valence-electron chi connectivity index (χ2n) is 6.62.